The lowest BCUT2D eigenvalue weighted by Crippen LogP contribution is -2.43. The van der Waals surface area contributed by atoms with Crippen molar-refractivity contribution >= 4 is 16.6 Å². The molecule has 34 heavy (non-hydrogen) atoms. The van der Waals surface area contributed by atoms with Crippen LogP contribution in [0.4, 0.5) is 13.2 Å². The fraction of sp³-hybridized carbons (Fsp3) is 0.138. The van der Waals surface area contributed by atoms with Crippen LogP contribution in [0.15, 0.2) is 97.1 Å². The molecule has 0 fully saturated rings. The molecule has 0 aliphatic heterocycles. The van der Waals surface area contributed by atoms with Crippen molar-refractivity contribution in [2.45, 2.75) is 18.0 Å². The van der Waals surface area contributed by atoms with Crippen LogP contribution in [0.5, 0.6) is 5.75 Å². The Labute approximate surface area is 196 Å². The highest BCUT2D eigenvalue weighted by Crippen LogP contribution is 2.44. The second-order valence-corrected chi connectivity index (χ2v) is 7.91. The highest BCUT2D eigenvalue weighted by molar-refractivity contribution is 6.01. The Bertz CT molecular complexity index is 1360. The molecule has 0 saturated carbocycles. The largest absolute Gasteiger partial charge is 0.497 e. The Balaban J connectivity index is 1.80. The van der Waals surface area contributed by atoms with Crippen LogP contribution in [-0.4, -0.2) is 19.1 Å². The lowest BCUT2D eigenvalue weighted by atomic mass is 9.75. The van der Waals surface area contributed by atoms with E-state index in [1.807, 2.05) is 24.3 Å². The van der Waals surface area contributed by atoms with Gasteiger partial charge in [0, 0.05) is 17.5 Å². The summed E-state index contributed by atoms with van der Waals surface area (Å²) in [6.07, 6.45) is -5.62. The van der Waals surface area contributed by atoms with Gasteiger partial charge in [-0.05, 0) is 46.7 Å². The standard InChI is InChI=1S/C29H21F3O2/c1-34-26-15-11-21(12-16-26)17-18-28(29(30,31)32,25-9-3-2-4-10-25)20-27(33)24-14-13-22-7-5-6-8-23(22)19-24/h2-16,19H,20H2,1H3. The predicted molar refractivity (Wildman–Crippen MR) is 127 cm³/mol. The van der Waals surface area contributed by atoms with Gasteiger partial charge in [-0.1, -0.05) is 78.6 Å². The van der Waals surface area contributed by atoms with Crippen molar-refractivity contribution in [1.82, 2.24) is 0 Å². The van der Waals surface area contributed by atoms with E-state index in [1.165, 1.54) is 31.4 Å². The number of benzene rings is 4. The van der Waals surface area contributed by atoms with Crippen LogP contribution in [0.2, 0.25) is 0 Å². The zero-order chi connectivity index (χ0) is 24.2. The van der Waals surface area contributed by atoms with E-state index < -0.39 is 23.8 Å². The lowest BCUT2D eigenvalue weighted by molar-refractivity contribution is -0.172. The minimum Gasteiger partial charge on any atom is -0.497 e. The van der Waals surface area contributed by atoms with Gasteiger partial charge >= 0.3 is 6.18 Å². The number of halogens is 3. The monoisotopic (exact) mass is 458 g/mol. The van der Waals surface area contributed by atoms with E-state index in [2.05, 4.69) is 11.8 Å². The van der Waals surface area contributed by atoms with Crippen molar-refractivity contribution in [3.05, 3.63) is 114 Å². The second-order valence-electron chi connectivity index (χ2n) is 7.91. The summed E-state index contributed by atoms with van der Waals surface area (Å²) >= 11 is 0. The maximum atomic E-state index is 14.7. The van der Waals surface area contributed by atoms with Crippen LogP contribution in [0.3, 0.4) is 0 Å². The molecule has 0 radical (unpaired) electrons. The molecule has 0 spiro atoms. The van der Waals surface area contributed by atoms with Gasteiger partial charge in [-0.25, -0.2) is 0 Å². The highest BCUT2D eigenvalue weighted by Gasteiger charge is 2.56. The molecule has 4 aromatic carbocycles. The smallest absolute Gasteiger partial charge is 0.409 e. The van der Waals surface area contributed by atoms with Crippen LogP contribution in [0.1, 0.15) is 27.9 Å². The number of alkyl halides is 3. The zero-order valence-electron chi connectivity index (χ0n) is 18.4. The van der Waals surface area contributed by atoms with Crippen LogP contribution in [0.25, 0.3) is 10.8 Å². The quantitative estimate of drug-likeness (QED) is 0.238. The summed E-state index contributed by atoms with van der Waals surface area (Å²) in [7, 11) is 1.50. The normalized spacial score (nSPS) is 12.9. The van der Waals surface area contributed by atoms with E-state index in [4.69, 9.17) is 4.74 Å². The molecule has 0 bridgehead atoms. The van der Waals surface area contributed by atoms with E-state index in [0.29, 0.717) is 11.3 Å². The Morgan fingerprint density at radius 2 is 1.47 bits per heavy atom. The molecule has 1 unspecified atom stereocenters. The van der Waals surface area contributed by atoms with Gasteiger partial charge in [0.1, 0.15) is 5.75 Å². The number of hydrogen-bond donors (Lipinski definition) is 0. The van der Waals surface area contributed by atoms with Gasteiger partial charge in [0.2, 0.25) is 0 Å². The summed E-state index contributed by atoms with van der Waals surface area (Å²) < 4.78 is 49.3. The van der Waals surface area contributed by atoms with Gasteiger partial charge in [0.05, 0.1) is 7.11 Å². The molecule has 0 saturated heterocycles. The van der Waals surface area contributed by atoms with Gasteiger partial charge in [0.25, 0.3) is 0 Å². The van der Waals surface area contributed by atoms with Gasteiger partial charge < -0.3 is 4.74 Å². The van der Waals surface area contributed by atoms with Crippen molar-refractivity contribution in [2.24, 2.45) is 0 Å². The molecule has 170 valence electrons. The Morgan fingerprint density at radius 3 is 2.12 bits per heavy atom. The summed E-state index contributed by atoms with van der Waals surface area (Å²) in [4.78, 5) is 13.2. The molecular formula is C29H21F3O2. The van der Waals surface area contributed by atoms with Gasteiger partial charge in [-0.15, -0.1) is 0 Å². The maximum absolute atomic E-state index is 14.7. The van der Waals surface area contributed by atoms with E-state index in [0.717, 1.165) is 10.8 Å². The van der Waals surface area contributed by atoms with Gasteiger partial charge in [-0.2, -0.15) is 13.2 Å². The molecule has 0 amide bonds. The lowest BCUT2D eigenvalue weighted by Gasteiger charge is -2.31. The van der Waals surface area contributed by atoms with Crippen molar-refractivity contribution in [3.63, 3.8) is 0 Å². The molecule has 0 N–H and O–H groups in total. The van der Waals surface area contributed by atoms with Crippen LogP contribution < -0.4 is 4.74 Å². The number of carbonyl (C=O) groups is 1. The van der Waals surface area contributed by atoms with Gasteiger partial charge in [0.15, 0.2) is 11.2 Å². The SMILES string of the molecule is COc1ccc(C#CC(CC(=O)c2ccc3ccccc3c2)(c2ccccc2)C(F)(F)F)cc1. The Hall–Kier alpha value is -4.04. The number of rotatable bonds is 5. The number of methoxy groups -OCH3 is 1. The maximum Gasteiger partial charge on any atom is 0.409 e. The predicted octanol–water partition coefficient (Wildman–Crippen LogP) is 6.97. The third kappa shape index (κ3) is 4.67. The summed E-state index contributed by atoms with van der Waals surface area (Å²) in [6.45, 7) is 0. The molecule has 5 heteroatoms. The van der Waals surface area contributed by atoms with Crippen molar-refractivity contribution < 1.29 is 22.7 Å². The number of fused-ring (bicyclic) bond motifs is 1. The highest BCUT2D eigenvalue weighted by atomic mass is 19.4. The van der Waals surface area contributed by atoms with E-state index >= 15 is 0 Å². The fourth-order valence-electron chi connectivity index (χ4n) is 3.83. The third-order valence-corrected chi connectivity index (χ3v) is 5.76. The van der Waals surface area contributed by atoms with Crippen LogP contribution >= 0.6 is 0 Å². The molecule has 0 aromatic heterocycles. The summed E-state index contributed by atoms with van der Waals surface area (Å²) in [5, 5.41) is 1.69. The number of Topliss-reactive ketones (excluding diaryl/α,β-unsaturated/α-hetero) is 1. The van der Waals surface area contributed by atoms with Gasteiger partial charge in [-0.3, -0.25) is 4.79 Å². The first-order chi connectivity index (χ1) is 16.3. The molecule has 2 nitrogen and oxygen atoms in total. The average molecular weight is 458 g/mol. The second kappa shape index (κ2) is 9.44. The minimum atomic E-state index is -4.79. The molecule has 0 aliphatic rings. The first-order valence-corrected chi connectivity index (χ1v) is 10.6. The number of carbonyl (C=O) groups excluding carboxylic acids is 1. The average Bonchev–Trinajstić information content (AvgIpc) is 2.86. The fourth-order valence-corrected chi connectivity index (χ4v) is 3.83. The van der Waals surface area contributed by atoms with Crippen molar-refractivity contribution in [3.8, 4) is 17.6 Å². The molecule has 4 rings (SSSR count). The number of ketones is 1. The first-order valence-electron chi connectivity index (χ1n) is 10.6. The number of hydrogen-bond acceptors (Lipinski definition) is 2. The summed E-state index contributed by atoms with van der Waals surface area (Å²) in [6, 6.07) is 26.1. The molecule has 4 aromatic rings. The summed E-state index contributed by atoms with van der Waals surface area (Å²) in [5.41, 5.74) is -2.13. The van der Waals surface area contributed by atoms with Crippen LogP contribution in [0, 0.1) is 11.8 Å². The Kier molecular flexibility index (Phi) is 6.43. The molecule has 0 aliphatic carbocycles. The van der Waals surface area contributed by atoms with Crippen LogP contribution in [-0.2, 0) is 5.41 Å². The molecule has 1 atom stereocenters. The van der Waals surface area contributed by atoms with E-state index in [-0.39, 0.29) is 11.1 Å². The van der Waals surface area contributed by atoms with Crippen molar-refractivity contribution in [1.29, 1.82) is 0 Å². The van der Waals surface area contributed by atoms with Crippen molar-refractivity contribution in [2.75, 3.05) is 7.11 Å². The third-order valence-electron chi connectivity index (χ3n) is 5.76. The molecule has 0 heterocycles. The van der Waals surface area contributed by atoms with E-state index in [9.17, 15) is 18.0 Å². The molecular weight excluding hydrogens is 437 g/mol. The topological polar surface area (TPSA) is 26.3 Å². The summed E-state index contributed by atoms with van der Waals surface area (Å²) in [5.74, 6) is 5.04. The number of ether oxygens (including phenoxy) is 1. The first kappa shape index (κ1) is 23.1. The minimum absolute atomic E-state index is 0.0716. The Morgan fingerprint density at radius 1 is 0.824 bits per heavy atom. The van der Waals surface area contributed by atoms with E-state index in [1.54, 1.807) is 48.5 Å². The zero-order valence-corrected chi connectivity index (χ0v) is 18.4.